The Hall–Kier alpha value is -1.83. The Morgan fingerprint density at radius 3 is 1.91 bits per heavy atom. The largest absolute Gasteiger partial charge is 0.480 e. The molecule has 0 aliphatic carbocycles. The first-order valence-corrected chi connectivity index (χ1v) is 10.8. The van der Waals surface area contributed by atoms with Crippen LogP contribution >= 0.6 is 0 Å². The molecule has 3 N–H and O–H groups in total. The molecule has 1 atom stereocenters. The molecule has 1 unspecified atom stereocenters. The van der Waals surface area contributed by atoms with Crippen LogP contribution in [0.2, 0.25) is 0 Å². The van der Waals surface area contributed by atoms with E-state index in [-0.39, 0.29) is 45.0 Å². The first-order valence-electron chi connectivity index (χ1n) is 10.8. The maximum absolute atomic E-state index is 11.9. The van der Waals surface area contributed by atoms with E-state index in [1.165, 1.54) is 14.0 Å². The molecule has 0 radical (unpaired) electrons. The summed E-state index contributed by atoms with van der Waals surface area (Å²) in [5, 5.41) is 28.5. The smallest absolute Gasteiger partial charge is 0.319 e. The van der Waals surface area contributed by atoms with Gasteiger partial charge in [0, 0.05) is 71.9 Å². The number of nitrogens with zero attached hydrogens (tertiary/aromatic N) is 4. The lowest BCUT2D eigenvalue weighted by Crippen LogP contribution is -2.50. The fraction of sp³-hybridized carbons (Fsp3) is 0.850. The van der Waals surface area contributed by atoms with Gasteiger partial charge in [-0.25, -0.2) is 0 Å². The van der Waals surface area contributed by atoms with Crippen LogP contribution in [0.15, 0.2) is 0 Å². The number of methoxy groups -OCH3 is 1. The van der Waals surface area contributed by atoms with Crippen molar-refractivity contribution < 1.29 is 39.2 Å². The highest BCUT2D eigenvalue weighted by Gasteiger charge is 2.23. The lowest BCUT2D eigenvalue weighted by Gasteiger charge is -2.36. The van der Waals surface area contributed by atoms with Crippen LogP contribution in [0.3, 0.4) is 0 Å². The van der Waals surface area contributed by atoms with Crippen molar-refractivity contribution in [2.24, 2.45) is 0 Å². The highest BCUT2D eigenvalue weighted by molar-refractivity contribution is 5.71. The summed E-state index contributed by atoms with van der Waals surface area (Å²) in [6.07, 6.45) is 0.407. The highest BCUT2D eigenvalue weighted by atomic mass is 16.5. The molecule has 1 saturated heterocycles. The van der Waals surface area contributed by atoms with Gasteiger partial charge >= 0.3 is 17.9 Å². The number of carbonyl (C=O) groups is 3. The average molecular weight is 463 g/mol. The minimum atomic E-state index is -0.941. The van der Waals surface area contributed by atoms with Crippen molar-refractivity contribution in [3.05, 3.63) is 0 Å². The molecule has 0 spiro atoms. The molecule has 1 rings (SSSR count). The van der Waals surface area contributed by atoms with Gasteiger partial charge < -0.3 is 24.8 Å². The Morgan fingerprint density at radius 1 is 0.875 bits per heavy atom. The normalized spacial score (nSPS) is 19.5. The van der Waals surface area contributed by atoms with E-state index < -0.39 is 11.9 Å². The number of esters is 2. The number of carboxylic acids is 1. The van der Waals surface area contributed by atoms with Gasteiger partial charge in [-0.2, -0.15) is 0 Å². The van der Waals surface area contributed by atoms with E-state index in [0.717, 1.165) is 0 Å². The number of ether oxygens (including phenoxy) is 2. The van der Waals surface area contributed by atoms with Crippen molar-refractivity contribution in [3.63, 3.8) is 0 Å². The van der Waals surface area contributed by atoms with Gasteiger partial charge in [-0.15, -0.1) is 0 Å². The minimum Gasteiger partial charge on any atom is -0.480 e. The number of carbonyl (C=O) groups excluding carboxylic acids is 2. The van der Waals surface area contributed by atoms with Crippen LogP contribution in [0.25, 0.3) is 0 Å². The zero-order chi connectivity index (χ0) is 23.9. The number of hydrogen-bond acceptors (Lipinski definition) is 11. The Morgan fingerprint density at radius 2 is 1.41 bits per heavy atom. The minimum absolute atomic E-state index is 0.0606. The summed E-state index contributed by atoms with van der Waals surface area (Å²) < 4.78 is 9.94. The van der Waals surface area contributed by atoms with Crippen LogP contribution in [-0.4, -0.2) is 151 Å². The summed E-state index contributed by atoms with van der Waals surface area (Å²) in [7, 11) is 1.32. The van der Waals surface area contributed by atoms with Crippen LogP contribution < -0.4 is 0 Å². The summed E-state index contributed by atoms with van der Waals surface area (Å²) in [5.74, 6) is -1.72. The number of hydrogen-bond donors (Lipinski definition) is 3. The Bertz CT molecular complexity index is 580. The predicted molar refractivity (Wildman–Crippen MR) is 115 cm³/mol. The van der Waals surface area contributed by atoms with Crippen molar-refractivity contribution in [1.29, 1.82) is 0 Å². The highest BCUT2D eigenvalue weighted by Crippen LogP contribution is 2.07. The number of aliphatic carboxylic acids is 1. The summed E-state index contributed by atoms with van der Waals surface area (Å²) in [4.78, 5) is 42.1. The molecule has 0 amide bonds. The molecule has 0 saturated carbocycles. The van der Waals surface area contributed by atoms with E-state index in [1.807, 2.05) is 9.80 Å². The summed E-state index contributed by atoms with van der Waals surface area (Å²) in [5.41, 5.74) is 0. The van der Waals surface area contributed by atoms with Crippen molar-refractivity contribution in [3.8, 4) is 0 Å². The van der Waals surface area contributed by atoms with Crippen molar-refractivity contribution in [1.82, 2.24) is 19.6 Å². The van der Waals surface area contributed by atoms with E-state index in [2.05, 4.69) is 4.90 Å². The van der Waals surface area contributed by atoms with Gasteiger partial charge in [0.1, 0.15) is 6.73 Å². The van der Waals surface area contributed by atoms with Crippen LogP contribution in [0.1, 0.15) is 13.3 Å². The molecular weight excluding hydrogens is 424 g/mol. The van der Waals surface area contributed by atoms with E-state index >= 15 is 0 Å². The van der Waals surface area contributed by atoms with Crippen molar-refractivity contribution in [2.45, 2.75) is 19.4 Å². The van der Waals surface area contributed by atoms with Gasteiger partial charge in [0.05, 0.1) is 26.8 Å². The number of aliphatic hydroxyl groups is 2. The third-order valence-corrected chi connectivity index (χ3v) is 5.45. The van der Waals surface area contributed by atoms with Gasteiger partial charge in [0.15, 0.2) is 0 Å². The third kappa shape index (κ3) is 11.7. The van der Waals surface area contributed by atoms with E-state index in [9.17, 15) is 29.7 Å². The van der Waals surface area contributed by atoms with Crippen molar-refractivity contribution in [2.75, 3.05) is 92.5 Å². The number of rotatable bonds is 10. The molecule has 0 aromatic rings. The third-order valence-electron chi connectivity index (χ3n) is 5.45. The van der Waals surface area contributed by atoms with E-state index in [0.29, 0.717) is 58.8 Å². The standard InChI is InChI=1S/C20H38N4O8/c1-17(27)32-16-23-7-6-21(13-19(28)29)4-5-22(14-20(30)31-2)8-10-24(11-9-23)18(15-26)3-12-25/h18,25-26H,3-16H2,1-2H3,(H,28,29). The molecule has 0 aromatic carbocycles. The lowest BCUT2D eigenvalue weighted by atomic mass is 10.2. The maximum Gasteiger partial charge on any atom is 0.319 e. The molecule has 32 heavy (non-hydrogen) atoms. The van der Waals surface area contributed by atoms with Gasteiger partial charge in [0.2, 0.25) is 0 Å². The van der Waals surface area contributed by atoms with Gasteiger partial charge in [-0.3, -0.25) is 34.0 Å². The second-order valence-corrected chi connectivity index (χ2v) is 7.79. The Kier molecular flexibility index (Phi) is 14.0. The van der Waals surface area contributed by atoms with E-state index in [4.69, 9.17) is 9.47 Å². The molecule has 1 aliphatic heterocycles. The monoisotopic (exact) mass is 462 g/mol. The van der Waals surface area contributed by atoms with E-state index in [1.54, 1.807) is 4.90 Å². The first-order chi connectivity index (χ1) is 15.3. The molecule has 1 heterocycles. The second-order valence-electron chi connectivity index (χ2n) is 7.79. The average Bonchev–Trinajstić information content (AvgIpc) is 2.74. The van der Waals surface area contributed by atoms with Crippen LogP contribution in [0, 0.1) is 0 Å². The summed E-state index contributed by atoms with van der Waals surface area (Å²) in [6, 6.07) is -0.248. The summed E-state index contributed by atoms with van der Waals surface area (Å²) >= 11 is 0. The van der Waals surface area contributed by atoms with Crippen molar-refractivity contribution >= 4 is 17.9 Å². The quantitative estimate of drug-likeness (QED) is 0.301. The molecule has 12 nitrogen and oxygen atoms in total. The molecule has 1 fully saturated rings. The fourth-order valence-electron chi connectivity index (χ4n) is 3.52. The van der Waals surface area contributed by atoms with Crippen LogP contribution in [0.5, 0.6) is 0 Å². The van der Waals surface area contributed by atoms with Crippen LogP contribution in [0.4, 0.5) is 0 Å². The summed E-state index contributed by atoms with van der Waals surface area (Å²) in [6.45, 7) is 5.10. The van der Waals surface area contributed by atoms with Crippen LogP contribution in [-0.2, 0) is 23.9 Å². The molecule has 186 valence electrons. The maximum atomic E-state index is 11.9. The lowest BCUT2D eigenvalue weighted by molar-refractivity contribution is -0.146. The Labute approximate surface area is 189 Å². The number of carboxylic acid groups (broad SMARTS) is 1. The van der Waals surface area contributed by atoms with Gasteiger partial charge in [-0.1, -0.05) is 0 Å². The molecule has 1 aliphatic rings. The Balaban J connectivity index is 3.01. The zero-order valence-corrected chi connectivity index (χ0v) is 19.1. The molecule has 0 bridgehead atoms. The fourth-order valence-corrected chi connectivity index (χ4v) is 3.52. The predicted octanol–water partition coefficient (Wildman–Crippen LogP) is -2.27. The topological polar surface area (TPSA) is 143 Å². The van der Waals surface area contributed by atoms with Gasteiger partial charge in [0.25, 0.3) is 0 Å². The molecule has 12 heteroatoms. The van der Waals surface area contributed by atoms with Gasteiger partial charge in [-0.05, 0) is 6.42 Å². The second kappa shape index (κ2) is 15.9. The first kappa shape index (κ1) is 28.2. The molecule has 0 aromatic heterocycles. The zero-order valence-electron chi connectivity index (χ0n) is 19.1. The SMILES string of the molecule is COC(=O)CN1CCN(CC(=O)O)CCN(COC(C)=O)CCN(C(CO)CCO)CC1. The molecular formula is C20H38N4O8. The number of aliphatic hydroxyl groups excluding tert-OH is 2.